The van der Waals surface area contributed by atoms with Gasteiger partial charge in [0, 0.05) is 19.5 Å². The first-order chi connectivity index (χ1) is 7.56. The molecule has 1 aromatic rings. The standard InChI is InChI=1S/C10H12BrFN2OS/c11-9-1-6(5-16-9)3-14-4-7(12)2-8(14)10(13)15/h1,5,7-8H,2-4H2,(H2,13,15)/t7-,8+/m1/s1. The van der Waals surface area contributed by atoms with Crippen LogP contribution < -0.4 is 5.73 Å². The van der Waals surface area contributed by atoms with Gasteiger partial charge in [0.2, 0.25) is 5.91 Å². The summed E-state index contributed by atoms with van der Waals surface area (Å²) in [5, 5.41) is 1.99. The largest absolute Gasteiger partial charge is 0.368 e. The molecule has 0 aromatic carbocycles. The zero-order valence-electron chi connectivity index (χ0n) is 8.53. The molecule has 2 rings (SSSR count). The molecule has 1 saturated heterocycles. The number of carbonyl (C=O) groups excluding carboxylic acids is 1. The molecule has 0 bridgehead atoms. The Morgan fingerprint density at radius 3 is 3.06 bits per heavy atom. The van der Waals surface area contributed by atoms with Crippen molar-refractivity contribution in [3.63, 3.8) is 0 Å². The van der Waals surface area contributed by atoms with Gasteiger partial charge in [-0.3, -0.25) is 9.69 Å². The van der Waals surface area contributed by atoms with E-state index >= 15 is 0 Å². The highest BCUT2D eigenvalue weighted by Crippen LogP contribution is 2.26. The first-order valence-electron chi connectivity index (χ1n) is 4.96. The van der Waals surface area contributed by atoms with Gasteiger partial charge in [0.15, 0.2) is 0 Å². The van der Waals surface area contributed by atoms with Crippen LogP contribution in [0.25, 0.3) is 0 Å². The average Bonchev–Trinajstić information content (AvgIpc) is 2.74. The minimum Gasteiger partial charge on any atom is -0.368 e. The van der Waals surface area contributed by atoms with Crippen molar-refractivity contribution < 1.29 is 9.18 Å². The monoisotopic (exact) mass is 306 g/mol. The molecule has 3 nitrogen and oxygen atoms in total. The molecule has 0 spiro atoms. The van der Waals surface area contributed by atoms with Crippen LogP contribution in [-0.4, -0.2) is 29.6 Å². The molecule has 2 heterocycles. The maximum atomic E-state index is 13.2. The zero-order valence-corrected chi connectivity index (χ0v) is 10.9. The molecule has 1 aliphatic heterocycles. The Bertz CT molecular complexity index is 398. The van der Waals surface area contributed by atoms with Crippen molar-refractivity contribution in [3.8, 4) is 0 Å². The maximum absolute atomic E-state index is 13.2. The summed E-state index contributed by atoms with van der Waals surface area (Å²) in [6.07, 6.45) is -0.722. The smallest absolute Gasteiger partial charge is 0.234 e. The number of rotatable bonds is 3. The maximum Gasteiger partial charge on any atom is 0.234 e. The number of nitrogens with zero attached hydrogens (tertiary/aromatic N) is 1. The number of hydrogen-bond acceptors (Lipinski definition) is 3. The third-order valence-corrected chi connectivity index (χ3v) is 4.24. The number of primary amides is 1. The Balaban J connectivity index is 2.05. The molecule has 0 unspecified atom stereocenters. The average molecular weight is 307 g/mol. The van der Waals surface area contributed by atoms with Crippen molar-refractivity contribution in [1.82, 2.24) is 4.90 Å². The molecule has 2 atom stereocenters. The van der Waals surface area contributed by atoms with Crippen LogP contribution in [0.2, 0.25) is 0 Å². The number of thiophene rings is 1. The van der Waals surface area contributed by atoms with E-state index in [0.717, 1.165) is 9.35 Å². The highest BCUT2D eigenvalue weighted by atomic mass is 79.9. The van der Waals surface area contributed by atoms with E-state index in [-0.39, 0.29) is 6.42 Å². The number of likely N-dealkylation sites (tertiary alicyclic amines) is 1. The van der Waals surface area contributed by atoms with E-state index in [4.69, 9.17) is 5.73 Å². The molecule has 1 aromatic heterocycles. The summed E-state index contributed by atoms with van der Waals surface area (Å²) >= 11 is 4.95. The van der Waals surface area contributed by atoms with Gasteiger partial charge < -0.3 is 5.73 Å². The van der Waals surface area contributed by atoms with Crippen LogP contribution in [0.15, 0.2) is 15.2 Å². The Labute approximate surface area is 106 Å². The van der Waals surface area contributed by atoms with E-state index in [0.29, 0.717) is 13.1 Å². The third kappa shape index (κ3) is 2.61. The number of alkyl halides is 1. The van der Waals surface area contributed by atoms with Gasteiger partial charge in [-0.15, -0.1) is 11.3 Å². The number of amides is 1. The van der Waals surface area contributed by atoms with E-state index in [1.54, 1.807) is 11.3 Å². The Hall–Kier alpha value is -0.460. The van der Waals surface area contributed by atoms with Gasteiger partial charge in [0.25, 0.3) is 0 Å². The predicted molar refractivity (Wildman–Crippen MR) is 64.9 cm³/mol. The molecule has 0 aliphatic carbocycles. The molecular weight excluding hydrogens is 295 g/mol. The number of hydrogen-bond donors (Lipinski definition) is 1. The molecule has 88 valence electrons. The number of nitrogens with two attached hydrogens (primary N) is 1. The first-order valence-corrected chi connectivity index (χ1v) is 6.64. The van der Waals surface area contributed by atoms with Gasteiger partial charge in [-0.1, -0.05) is 0 Å². The minimum absolute atomic E-state index is 0.223. The first kappa shape index (κ1) is 12.0. The van der Waals surface area contributed by atoms with Crippen molar-refractivity contribution in [1.29, 1.82) is 0 Å². The molecule has 2 N–H and O–H groups in total. The van der Waals surface area contributed by atoms with Crippen LogP contribution in [-0.2, 0) is 11.3 Å². The van der Waals surface area contributed by atoms with Crippen LogP contribution in [0, 0.1) is 0 Å². The lowest BCUT2D eigenvalue weighted by Crippen LogP contribution is -2.39. The number of halogens is 2. The molecule has 1 fully saturated rings. The van der Waals surface area contributed by atoms with Crippen LogP contribution >= 0.6 is 27.3 Å². The number of carbonyl (C=O) groups is 1. The van der Waals surface area contributed by atoms with Gasteiger partial charge >= 0.3 is 0 Å². The normalized spacial score (nSPS) is 26.1. The fourth-order valence-corrected chi connectivity index (χ4v) is 3.18. The summed E-state index contributed by atoms with van der Waals surface area (Å²) in [6.45, 7) is 0.872. The van der Waals surface area contributed by atoms with E-state index in [2.05, 4.69) is 15.9 Å². The van der Waals surface area contributed by atoms with Crippen molar-refractivity contribution in [2.45, 2.75) is 25.2 Å². The van der Waals surface area contributed by atoms with Gasteiger partial charge in [-0.05, 0) is 32.9 Å². The lowest BCUT2D eigenvalue weighted by molar-refractivity contribution is -0.122. The zero-order chi connectivity index (χ0) is 11.7. The van der Waals surface area contributed by atoms with Gasteiger partial charge in [0.1, 0.15) is 6.17 Å². The molecule has 1 aliphatic rings. The van der Waals surface area contributed by atoms with Crippen LogP contribution in [0.5, 0.6) is 0 Å². The fourth-order valence-electron chi connectivity index (χ4n) is 1.98. The molecule has 1 amide bonds. The quantitative estimate of drug-likeness (QED) is 0.927. The second-order valence-corrected chi connectivity index (χ2v) is 6.23. The lowest BCUT2D eigenvalue weighted by Gasteiger charge is -2.20. The van der Waals surface area contributed by atoms with Crippen LogP contribution in [0.1, 0.15) is 12.0 Å². The SMILES string of the molecule is NC(=O)[C@@H]1C[C@@H](F)CN1Cc1csc(Br)c1. The predicted octanol–water partition coefficient (Wildman–Crippen LogP) is 1.91. The highest BCUT2D eigenvalue weighted by molar-refractivity contribution is 9.11. The van der Waals surface area contributed by atoms with E-state index < -0.39 is 18.1 Å². The highest BCUT2D eigenvalue weighted by Gasteiger charge is 2.35. The second kappa shape index (κ2) is 4.81. The van der Waals surface area contributed by atoms with Crippen molar-refractivity contribution in [2.24, 2.45) is 5.73 Å². The van der Waals surface area contributed by atoms with E-state index in [1.807, 2.05) is 16.3 Å². The Morgan fingerprint density at radius 1 is 1.75 bits per heavy atom. The van der Waals surface area contributed by atoms with Crippen molar-refractivity contribution in [2.75, 3.05) is 6.54 Å². The van der Waals surface area contributed by atoms with Gasteiger partial charge in [0.05, 0.1) is 9.83 Å². The van der Waals surface area contributed by atoms with Gasteiger partial charge in [-0.2, -0.15) is 0 Å². The summed E-state index contributed by atoms with van der Waals surface area (Å²) in [7, 11) is 0. The van der Waals surface area contributed by atoms with Crippen LogP contribution in [0.4, 0.5) is 4.39 Å². The molecule has 16 heavy (non-hydrogen) atoms. The van der Waals surface area contributed by atoms with Crippen LogP contribution in [0.3, 0.4) is 0 Å². The lowest BCUT2D eigenvalue weighted by atomic mass is 10.2. The van der Waals surface area contributed by atoms with E-state index in [9.17, 15) is 9.18 Å². The Morgan fingerprint density at radius 2 is 2.50 bits per heavy atom. The summed E-state index contributed by atoms with van der Waals surface area (Å²) in [6, 6.07) is 1.52. The Kier molecular flexibility index (Phi) is 3.61. The fraction of sp³-hybridized carbons (Fsp3) is 0.500. The minimum atomic E-state index is -0.945. The summed E-state index contributed by atoms with van der Waals surface area (Å²) in [4.78, 5) is 13.0. The topological polar surface area (TPSA) is 46.3 Å². The van der Waals surface area contributed by atoms with Crippen molar-refractivity contribution >= 4 is 33.2 Å². The molecule has 0 saturated carbocycles. The molecule has 0 radical (unpaired) electrons. The third-order valence-electron chi connectivity index (χ3n) is 2.69. The molecular formula is C10H12BrFN2OS. The van der Waals surface area contributed by atoms with E-state index in [1.165, 1.54) is 0 Å². The van der Waals surface area contributed by atoms with Gasteiger partial charge in [-0.25, -0.2) is 4.39 Å². The van der Waals surface area contributed by atoms with Crippen molar-refractivity contribution in [3.05, 3.63) is 20.8 Å². The summed E-state index contributed by atoms with van der Waals surface area (Å²) in [5.41, 5.74) is 6.34. The second-order valence-electron chi connectivity index (χ2n) is 3.94. The summed E-state index contributed by atoms with van der Waals surface area (Å²) in [5.74, 6) is -0.436. The summed E-state index contributed by atoms with van der Waals surface area (Å²) < 4.78 is 14.3. The molecule has 6 heteroatoms.